The van der Waals surface area contributed by atoms with Crippen LogP contribution >= 0.6 is 0 Å². The summed E-state index contributed by atoms with van der Waals surface area (Å²) in [7, 11) is 0. The third-order valence-electron chi connectivity index (χ3n) is 4.70. The van der Waals surface area contributed by atoms with Gasteiger partial charge in [-0.15, -0.1) is 59.5 Å². The molecule has 0 rings (SSSR count). The molecule has 0 amide bonds. The van der Waals surface area contributed by atoms with Gasteiger partial charge in [-0.25, -0.2) is 0 Å². The van der Waals surface area contributed by atoms with E-state index >= 15 is 0 Å². The first-order chi connectivity index (χ1) is 23.6. The van der Waals surface area contributed by atoms with Gasteiger partial charge in [0.15, 0.2) is 0 Å². The second-order valence-corrected chi connectivity index (χ2v) is 10.2. The SMILES string of the molecule is CCCC[O-].CCCC[O-].CCCC[O-].CCCC[O-].CCCC[O-].CCCC[O-].CCCC[O-].CCCC[O-].CCCC[O-].CCCO.[Ta+5].[Ta]. The number of aliphatic hydroxyl groups excluding tert-OH is 1. The molecule has 0 saturated heterocycles. The van der Waals surface area contributed by atoms with Crippen LogP contribution in [0.5, 0.6) is 0 Å². The molecule has 0 aromatic heterocycles. The van der Waals surface area contributed by atoms with Gasteiger partial charge in [-0.05, 0) is 6.42 Å². The first kappa shape index (κ1) is 84.6. The van der Waals surface area contributed by atoms with Gasteiger partial charge in [-0.2, -0.15) is 0 Å². The van der Waals surface area contributed by atoms with Crippen molar-refractivity contribution in [3.8, 4) is 0 Å². The molecule has 0 saturated carbocycles. The summed E-state index contributed by atoms with van der Waals surface area (Å²) in [5.41, 5.74) is 0. The van der Waals surface area contributed by atoms with Crippen LogP contribution < -0.4 is 46.0 Å². The minimum absolute atomic E-state index is 0. The van der Waals surface area contributed by atoms with E-state index < -0.39 is 0 Å². The van der Waals surface area contributed by atoms with Gasteiger partial charge < -0.3 is 51.1 Å². The molecule has 0 fully saturated rings. The van der Waals surface area contributed by atoms with Crippen LogP contribution in [0.1, 0.15) is 191 Å². The molecule has 0 unspecified atom stereocenters. The predicted molar refractivity (Wildman–Crippen MR) is 195 cm³/mol. The molecule has 1 radical (unpaired) electrons. The zero-order chi connectivity index (χ0) is 40.5. The quantitative estimate of drug-likeness (QED) is 0.197. The average Bonchev–Trinajstić information content (AvgIpc) is 3.10. The Morgan fingerprint density at radius 1 is 0.255 bits per heavy atom. The third-order valence-corrected chi connectivity index (χ3v) is 4.70. The maximum atomic E-state index is 9.53. The van der Waals surface area contributed by atoms with E-state index in [4.69, 9.17) is 5.11 Å². The van der Waals surface area contributed by atoms with E-state index in [9.17, 15) is 46.0 Å². The van der Waals surface area contributed by atoms with E-state index in [1.54, 1.807) is 0 Å². The smallest absolute Gasteiger partial charge is 0.854 e. The zero-order valence-corrected chi connectivity index (χ0v) is 41.9. The monoisotopic (exact) mass is 1080 g/mol. The molecule has 0 bridgehead atoms. The first-order valence-corrected chi connectivity index (χ1v) is 19.5. The van der Waals surface area contributed by atoms with Gasteiger partial charge in [0.1, 0.15) is 0 Å². The summed E-state index contributed by atoms with van der Waals surface area (Å²) < 4.78 is 0. The minimum atomic E-state index is 0. The largest absolute Gasteiger partial charge is 5.00 e. The van der Waals surface area contributed by atoms with Crippen LogP contribution in [0.25, 0.3) is 0 Å². The van der Waals surface area contributed by atoms with E-state index in [1.807, 2.05) is 69.2 Å². The van der Waals surface area contributed by atoms with Crippen LogP contribution in [0.2, 0.25) is 0 Å². The molecule has 0 atom stereocenters. The Hall–Kier alpha value is 1.08. The van der Waals surface area contributed by atoms with Crippen LogP contribution in [0, 0.1) is 0 Å². The van der Waals surface area contributed by atoms with E-state index in [0.717, 1.165) is 122 Å². The molecule has 0 aliphatic heterocycles. The van der Waals surface area contributed by atoms with E-state index in [0.29, 0.717) is 6.61 Å². The minimum Gasteiger partial charge on any atom is -0.854 e. The fourth-order valence-corrected chi connectivity index (χ4v) is 1.30. The Balaban J connectivity index is -0.0000000330. The third kappa shape index (κ3) is 305. The van der Waals surface area contributed by atoms with Crippen LogP contribution in [-0.4, -0.2) is 71.2 Å². The summed E-state index contributed by atoms with van der Waals surface area (Å²) >= 11 is 0. The van der Waals surface area contributed by atoms with Crippen molar-refractivity contribution in [2.75, 3.05) is 66.1 Å². The molecule has 12 heteroatoms. The maximum Gasteiger partial charge on any atom is 5.00 e. The van der Waals surface area contributed by atoms with Crippen molar-refractivity contribution >= 4 is 0 Å². The molecule has 0 spiro atoms. The van der Waals surface area contributed by atoms with Gasteiger partial charge in [-0.3, -0.25) is 0 Å². The zero-order valence-electron chi connectivity index (χ0n) is 35.5. The predicted octanol–water partition coefficient (Wildman–Crippen LogP) is 1.70. The van der Waals surface area contributed by atoms with E-state index in [1.165, 1.54) is 0 Å². The molecule has 0 aliphatic rings. The molecule has 0 aromatic rings. The number of aliphatic hydroxyl groups is 1. The summed E-state index contributed by atoms with van der Waals surface area (Å²) in [6.07, 6.45) is 17.7. The second kappa shape index (κ2) is 142. The van der Waals surface area contributed by atoms with Crippen molar-refractivity contribution in [3.05, 3.63) is 0 Å². The molecule has 0 aliphatic carbocycles. The summed E-state index contributed by atoms with van der Waals surface area (Å²) in [4.78, 5) is 0. The Morgan fingerprint density at radius 2 is 0.333 bits per heavy atom. The maximum absolute atomic E-state index is 9.53. The van der Waals surface area contributed by atoms with Crippen LogP contribution in [0.4, 0.5) is 0 Å². The number of hydrogen-bond donors (Lipinski definition) is 1. The number of hydrogen-bond acceptors (Lipinski definition) is 10. The van der Waals surface area contributed by atoms with Gasteiger partial charge in [0.25, 0.3) is 0 Å². The topological polar surface area (TPSA) is 228 Å². The van der Waals surface area contributed by atoms with Crippen LogP contribution in [0.15, 0.2) is 0 Å². The van der Waals surface area contributed by atoms with Gasteiger partial charge >= 0.3 is 22.4 Å². The van der Waals surface area contributed by atoms with Gasteiger partial charge in [0.05, 0.1) is 0 Å². The summed E-state index contributed by atoms with van der Waals surface area (Å²) in [6.45, 7) is 21.2. The fourth-order valence-electron chi connectivity index (χ4n) is 1.30. The van der Waals surface area contributed by atoms with Crippen molar-refractivity contribution in [1.82, 2.24) is 0 Å². The molecule has 10 nitrogen and oxygen atoms in total. The summed E-state index contributed by atoms with van der Waals surface area (Å²) in [5.74, 6) is 0. The Bertz CT molecular complexity index is 224. The molecule has 319 valence electrons. The Morgan fingerprint density at radius 3 is 0.333 bits per heavy atom. The molecular formula is C39H89O10Ta2-4. The standard InChI is InChI=1S/9C4H9O.C3H8O.2Ta/c9*1-2-3-4-5;1-2-3-4;;/h9*2-4H2,1H3;4H,2-3H2,1H3;;/q9*-1;;;+5. The van der Waals surface area contributed by atoms with Crippen molar-refractivity contribution in [2.45, 2.75) is 191 Å². The number of rotatable bonds is 19. The normalized spacial score (nSPS) is 8.00. The average molecular weight is 1080 g/mol. The van der Waals surface area contributed by atoms with Crippen LogP contribution in [-0.2, 0) is 44.8 Å². The van der Waals surface area contributed by atoms with E-state index in [2.05, 4.69) is 0 Å². The summed E-state index contributed by atoms with van der Waals surface area (Å²) in [6, 6.07) is 0. The van der Waals surface area contributed by atoms with Crippen LogP contribution in [0.3, 0.4) is 0 Å². The van der Waals surface area contributed by atoms with Crippen molar-refractivity contribution in [3.63, 3.8) is 0 Å². The molecular weight excluding hydrogens is 990 g/mol. The van der Waals surface area contributed by atoms with Crippen molar-refractivity contribution in [1.29, 1.82) is 0 Å². The Labute approximate surface area is 351 Å². The van der Waals surface area contributed by atoms with E-state index in [-0.39, 0.29) is 104 Å². The van der Waals surface area contributed by atoms with Crippen molar-refractivity contribution < 1.29 is 95.8 Å². The fraction of sp³-hybridized carbons (Fsp3) is 1.00. The molecule has 1 N–H and O–H groups in total. The van der Waals surface area contributed by atoms with Gasteiger partial charge in [0, 0.05) is 29.0 Å². The second-order valence-electron chi connectivity index (χ2n) is 10.2. The molecule has 51 heavy (non-hydrogen) atoms. The van der Waals surface area contributed by atoms with Gasteiger partial charge in [-0.1, -0.05) is 185 Å². The molecule has 0 aromatic carbocycles. The van der Waals surface area contributed by atoms with Crippen molar-refractivity contribution in [2.24, 2.45) is 0 Å². The molecule has 0 heterocycles. The first-order valence-electron chi connectivity index (χ1n) is 19.5. The summed E-state index contributed by atoms with van der Waals surface area (Å²) in [5, 5.41) is 93.6. The Kier molecular flexibility index (Phi) is 235. The van der Waals surface area contributed by atoms with Gasteiger partial charge in [0.2, 0.25) is 0 Å². The number of unbranched alkanes of at least 4 members (excludes halogenated alkanes) is 9.